The Morgan fingerprint density at radius 2 is 1.96 bits per heavy atom. The van der Waals surface area contributed by atoms with Gasteiger partial charge in [0, 0.05) is 30.5 Å². The Morgan fingerprint density at radius 3 is 2.67 bits per heavy atom. The van der Waals surface area contributed by atoms with Crippen LogP contribution in [0.15, 0.2) is 59.8 Å². The molecule has 0 atom stereocenters. The number of ether oxygens (including phenoxy) is 1. The van der Waals surface area contributed by atoms with E-state index in [1.54, 1.807) is 49.7 Å². The van der Waals surface area contributed by atoms with E-state index in [0.717, 1.165) is 0 Å². The van der Waals surface area contributed by atoms with Crippen LogP contribution in [0.3, 0.4) is 0 Å². The lowest BCUT2D eigenvalue weighted by atomic mass is 10.2. The van der Waals surface area contributed by atoms with Gasteiger partial charge in [0.05, 0.1) is 4.90 Å². The largest absolute Gasteiger partial charge is 0.372 e. The van der Waals surface area contributed by atoms with Crippen molar-refractivity contribution in [2.24, 2.45) is 0 Å². The van der Waals surface area contributed by atoms with Crippen molar-refractivity contribution in [3.63, 3.8) is 0 Å². The third kappa shape index (κ3) is 3.31. The summed E-state index contributed by atoms with van der Waals surface area (Å²) >= 11 is 0. The van der Waals surface area contributed by atoms with E-state index in [2.05, 4.69) is 16.8 Å². The molecule has 0 radical (unpaired) electrons. The Balaban J connectivity index is 0.00000208. The van der Waals surface area contributed by atoms with Crippen LogP contribution in [-0.4, -0.2) is 31.1 Å². The SMILES string of the molecule is COCC#Cc1cnc2c(ccn2S(=O)(=O)c2ccccc2)c1.N. The molecule has 0 spiro atoms. The molecule has 6 nitrogen and oxygen atoms in total. The summed E-state index contributed by atoms with van der Waals surface area (Å²) in [5, 5.41) is 0.716. The molecule has 2 aromatic heterocycles. The molecule has 0 bridgehead atoms. The third-order valence-electron chi connectivity index (χ3n) is 3.24. The van der Waals surface area contributed by atoms with Gasteiger partial charge in [0.1, 0.15) is 6.61 Å². The highest BCUT2D eigenvalue weighted by Gasteiger charge is 2.19. The van der Waals surface area contributed by atoms with Crippen molar-refractivity contribution >= 4 is 21.1 Å². The molecule has 0 aliphatic heterocycles. The quantitative estimate of drug-likeness (QED) is 0.737. The van der Waals surface area contributed by atoms with Gasteiger partial charge in [0.2, 0.25) is 0 Å². The van der Waals surface area contributed by atoms with Crippen LogP contribution < -0.4 is 6.15 Å². The van der Waals surface area contributed by atoms with Gasteiger partial charge in [-0.15, -0.1) is 0 Å². The molecular weight excluding hydrogens is 326 g/mol. The number of rotatable bonds is 3. The van der Waals surface area contributed by atoms with E-state index < -0.39 is 10.0 Å². The average molecular weight is 343 g/mol. The van der Waals surface area contributed by atoms with E-state index in [1.165, 1.54) is 10.2 Å². The second kappa shape index (κ2) is 7.27. The molecule has 0 aliphatic rings. The lowest BCUT2D eigenvalue weighted by molar-refractivity contribution is 0.240. The highest BCUT2D eigenvalue weighted by molar-refractivity contribution is 7.90. The summed E-state index contributed by atoms with van der Waals surface area (Å²) in [6, 6.07) is 11.8. The van der Waals surface area contributed by atoms with Crippen LogP contribution in [0.25, 0.3) is 11.0 Å². The minimum atomic E-state index is -3.66. The van der Waals surface area contributed by atoms with Crippen molar-refractivity contribution in [3.8, 4) is 11.8 Å². The first kappa shape index (κ1) is 17.7. The second-order valence-corrected chi connectivity index (χ2v) is 6.62. The zero-order valence-electron chi connectivity index (χ0n) is 13.1. The van der Waals surface area contributed by atoms with Crippen LogP contribution in [0, 0.1) is 11.8 Å². The molecular formula is C17H17N3O3S. The maximum absolute atomic E-state index is 12.7. The number of hydrogen-bond donors (Lipinski definition) is 1. The molecule has 7 heteroatoms. The summed E-state index contributed by atoms with van der Waals surface area (Å²) in [5.41, 5.74) is 1.09. The Labute approximate surface area is 140 Å². The summed E-state index contributed by atoms with van der Waals surface area (Å²) in [4.78, 5) is 4.48. The number of aromatic nitrogens is 2. The molecule has 2 heterocycles. The maximum Gasteiger partial charge on any atom is 0.269 e. The van der Waals surface area contributed by atoms with E-state index in [9.17, 15) is 8.42 Å². The van der Waals surface area contributed by atoms with E-state index in [1.807, 2.05) is 6.07 Å². The van der Waals surface area contributed by atoms with Gasteiger partial charge in [0.25, 0.3) is 10.0 Å². The molecule has 0 saturated carbocycles. The maximum atomic E-state index is 12.7. The first-order valence-corrected chi connectivity index (χ1v) is 8.32. The normalized spacial score (nSPS) is 10.7. The number of pyridine rings is 1. The van der Waals surface area contributed by atoms with E-state index >= 15 is 0 Å². The predicted octanol–water partition coefficient (Wildman–Crippen LogP) is 2.43. The van der Waals surface area contributed by atoms with Crippen LogP contribution in [0.5, 0.6) is 0 Å². The smallest absolute Gasteiger partial charge is 0.269 e. The van der Waals surface area contributed by atoms with E-state index in [0.29, 0.717) is 23.2 Å². The van der Waals surface area contributed by atoms with Gasteiger partial charge >= 0.3 is 0 Å². The van der Waals surface area contributed by atoms with Crippen LogP contribution in [-0.2, 0) is 14.8 Å². The highest BCUT2D eigenvalue weighted by Crippen LogP contribution is 2.21. The minimum Gasteiger partial charge on any atom is -0.372 e. The Hall–Kier alpha value is -2.66. The molecule has 3 N–H and O–H groups in total. The van der Waals surface area contributed by atoms with Crippen molar-refractivity contribution in [1.29, 1.82) is 0 Å². The molecule has 3 aromatic rings. The van der Waals surface area contributed by atoms with Crippen LogP contribution in [0.1, 0.15) is 5.56 Å². The molecule has 124 valence electrons. The van der Waals surface area contributed by atoms with Crippen LogP contribution >= 0.6 is 0 Å². The lowest BCUT2D eigenvalue weighted by Crippen LogP contribution is -2.12. The first-order chi connectivity index (χ1) is 11.1. The standard InChI is InChI=1S/C17H14N2O3S.H3N/c1-22-11-5-6-14-12-15-9-10-19(17(15)18-13-14)23(20,21)16-7-3-2-4-8-16;/h2-4,7-10,12-13H,11H2,1H3;1H3. The molecule has 0 amide bonds. The number of methoxy groups -OCH3 is 1. The van der Waals surface area contributed by atoms with Crippen molar-refractivity contribution in [3.05, 3.63) is 60.4 Å². The monoisotopic (exact) mass is 343 g/mol. The lowest BCUT2D eigenvalue weighted by Gasteiger charge is -2.06. The topological polar surface area (TPSA) is 96.2 Å². The van der Waals surface area contributed by atoms with Crippen molar-refractivity contribution in [1.82, 2.24) is 15.1 Å². The zero-order chi connectivity index (χ0) is 16.3. The zero-order valence-corrected chi connectivity index (χ0v) is 14.0. The van der Waals surface area contributed by atoms with Gasteiger partial charge in [-0.3, -0.25) is 0 Å². The third-order valence-corrected chi connectivity index (χ3v) is 4.92. The van der Waals surface area contributed by atoms with Crippen molar-refractivity contribution < 1.29 is 13.2 Å². The molecule has 0 fully saturated rings. The number of benzene rings is 1. The van der Waals surface area contributed by atoms with Crippen LogP contribution in [0.2, 0.25) is 0 Å². The molecule has 3 rings (SSSR count). The summed E-state index contributed by atoms with van der Waals surface area (Å²) in [7, 11) is -2.08. The van der Waals surface area contributed by atoms with Gasteiger partial charge in [-0.2, -0.15) is 0 Å². The minimum absolute atomic E-state index is 0. The predicted molar refractivity (Wildman–Crippen MR) is 92.5 cm³/mol. The summed E-state index contributed by atoms with van der Waals surface area (Å²) in [6.45, 7) is 0.335. The Bertz CT molecular complexity index is 1000. The molecule has 0 unspecified atom stereocenters. The van der Waals surface area contributed by atoms with Gasteiger partial charge in [-0.25, -0.2) is 17.4 Å². The van der Waals surface area contributed by atoms with Crippen LogP contribution in [0.4, 0.5) is 0 Å². The van der Waals surface area contributed by atoms with Gasteiger partial charge < -0.3 is 10.9 Å². The summed E-state index contributed by atoms with van der Waals surface area (Å²) in [5.74, 6) is 5.76. The fourth-order valence-electron chi connectivity index (χ4n) is 2.18. The summed E-state index contributed by atoms with van der Waals surface area (Å²) in [6.07, 6.45) is 3.06. The van der Waals surface area contributed by atoms with E-state index in [-0.39, 0.29) is 11.0 Å². The second-order valence-electron chi connectivity index (χ2n) is 4.80. The number of hydrogen-bond acceptors (Lipinski definition) is 5. The van der Waals surface area contributed by atoms with Gasteiger partial charge in [-0.05, 0) is 24.3 Å². The summed E-state index contributed by atoms with van der Waals surface area (Å²) < 4.78 is 31.4. The van der Waals surface area contributed by atoms with Crippen molar-refractivity contribution in [2.75, 3.05) is 13.7 Å². The number of nitrogens with zero attached hydrogens (tertiary/aromatic N) is 2. The fraction of sp³-hybridized carbons (Fsp3) is 0.118. The Kier molecular flexibility index (Phi) is 5.36. The first-order valence-electron chi connectivity index (χ1n) is 6.88. The fourth-order valence-corrected chi connectivity index (χ4v) is 3.51. The van der Waals surface area contributed by atoms with Gasteiger partial charge in [-0.1, -0.05) is 30.0 Å². The van der Waals surface area contributed by atoms with Crippen molar-refractivity contribution in [2.45, 2.75) is 4.90 Å². The Morgan fingerprint density at radius 1 is 1.21 bits per heavy atom. The van der Waals surface area contributed by atoms with Gasteiger partial charge in [0.15, 0.2) is 5.65 Å². The van der Waals surface area contributed by atoms with E-state index in [4.69, 9.17) is 4.74 Å². The molecule has 0 aliphatic carbocycles. The highest BCUT2D eigenvalue weighted by atomic mass is 32.2. The number of fused-ring (bicyclic) bond motifs is 1. The molecule has 24 heavy (non-hydrogen) atoms. The average Bonchev–Trinajstić information content (AvgIpc) is 3.00. The molecule has 1 aromatic carbocycles. The molecule has 0 saturated heterocycles.